The van der Waals surface area contributed by atoms with Crippen molar-refractivity contribution in [1.82, 2.24) is 29.7 Å². The van der Waals surface area contributed by atoms with Gasteiger partial charge >= 0.3 is 0 Å². The van der Waals surface area contributed by atoms with Crippen LogP contribution in [0.25, 0.3) is 16.9 Å². The van der Waals surface area contributed by atoms with Crippen LogP contribution < -0.4 is 15.5 Å². The fourth-order valence-electron chi connectivity index (χ4n) is 5.28. The summed E-state index contributed by atoms with van der Waals surface area (Å²) in [5.41, 5.74) is 1.06. The maximum absolute atomic E-state index is 14.1. The Bertz CT molecular complexity index is 1270. The van der Waals surface area contributed by atoms with Crippen LogP contribution in [0.15, 0.2) is 30.3 Å². The van der Waals surface area contributed by atoms with Crippen LogP contribution in [0.5, 0.6) is 0 Å². The lowest BCUT2D eigenvalue weighted by molar-refractivity contribution is -0.121. The van der Waals surface area contributed by atoms with Crippen LogP contribution in [0.3, 0.4) is 0 Å². The molecule has 1 aliphatic carbocycles. The van der Waals surface area contributed by atoms with Crippen LogP contribution in [-0.4, -0.2) is 89.9 Å². The van der Waals surface area contributed by atoms with E-state index in [0.717, 1.165) is 25.7 Å². The minimum atomic E-state index is -2.76. The first kappa shape index (κ1) is 27.2. The number of carbonyl (C=O) groups is 1. The second-order valence-corrected chi connectivity index (χ2v) is 10.5. The van der Waals surface area contributed by atoms with Crippen molar-refractivity contribution in [3.8, 4) is 5.82 Å². The normalized spacial score (nSPS) is 20.1. The van der Waals surface area contributed by atoms with E-state index in [1.807, 2.05) is 19.0 Å². The molecule has 0 bridgehead atoms. The molecule has 0 radical (unpaired) electrons. The lowest BCUT2D eigenvalue weighted by Crippen LogP contribution is -2.38. The van der Waals surface area contributed by atoms with Gasteiger partial charge in [-0.2, -0.15) is 9.97 Å². The van der Waals surface area contributed by atoms with Crippen LogP contribution in [0, 0.1) is 5.92 Å². The molecule has 0 unspecified atom stereocenters. The topological polar surface area (TPSA) is 100 Å². The molecule has 1 aromatic carbocycles. The zero-order valence-corrected chi connectivity index (χ0v) is 22.4. The van der Waals surface area contributed by atoms with Gasteiger partial charge in [-0.25, -0.2) is 13.8 Å². The number of imidazole rings is 1. The van der Waals surface area contributed by atoms with Gasteiger partial charge in [-0.1, -0.05) is 12.1 Å². The third-order valence-corrected chi connectivity index (χ3v) is 7.27. The van der Waals surface area contributed by atoms with Crippen molar-refractivity contribution in [3.05, 3.63) is 36.2 Å². The van der Waals surface area contributed by atoms with E-state index in [9.17, 15) is 13.6 Å². The number of carbonyl (C=O) groups excluding carboxylic acids is 1. The Kier molecular flexibility index (Phi) is 8.51. The van der Waals surface area contributed by atoms with Crippen molar-refractivity contribution in [1.29, 1.82) is 0 Å². The Balaban J connectivity index is 1.36. The molecule has 1 aliphatic heterocycles. The van der Waals surface area contributed by atoms with Gasteiger partial charge in [0.2, 0.25) is 11.9 Å². The maximum Gasteiger partial charge on any atom is 0.296 e. The van der Waals surface area contributed by atoms with E-state index in [4.69, 9.17) is 14.7 Å². The van der Waals surface area contributed by atoms with E-state index >= 15 is 0 Å². The number of ether oxygens (including phenoxy) is 1. The molecule has 0 atom stereocenters. The lowest BCUT2D eigenvalue weighted by atomic mass is 9.86. The third kappa shape index (κ3) is 6.62. The number of fused-ring (bicyclic) bond motifs is 1. The van der Waals surface area contributed by atoms with Gasteiger partial charge in [-0.3, -0.25) is 9.36 Å². The lowest BCUT2D eigenvalue weighted by Gasteiger charge is -2.31. The third-order valence-electron chi connectivity index (χ3n) is 7.27. The van der Waals surface area contributed by atoms with Crippen LogP contribution in [0.2, 0.25) is 0 Å². The summed E-state index contributed by atoms with van der Waals surface area (Å²) < 4.78 is 35.1. The van der Waals surface area contributed by atoms with Crippen LogP contribution >= 0.6 is 0 Å². The average molecular weight is 543 g/mol. The first-order chi connectivity index (χ1) is 18.9. The van der Waals surface area contributed by atoms with Crippen LogP contribution in [-0.2, 0) is 9.53 Å². The number of likely N-dealkylation sites (N-methyl/N-ethyl adjacent to an activating group) is 1. The zero-order chi connectivity index (χ0) is 27.4. The number of morpholine rings is 1. The molecule has 1 amide bonds. The molecule has 1 saturated carbocycles. The van der Waals surface area contributed by atoms with Crippen LogP contribution in [0.1, 0.15) is 37.9 Å². The quantitative estimate of drug-likeness (QED) is 0.425. The molecule has 3 heterocycles. The molecular formula is C27H36F2N8O2. The van der Waals surface area contributed by atoms with Gasteiger partial charge in [0.25, 0.3) is 6.43 Å². The van der Waals surface area contributed by atoms with Crippen molar-refractivity contribution in [3.63, 3.8) is 0 Å². The largest absolute Gasteiger partial charge is 0.378 e. The zero-order valence-electron chi connectivity index (χ0n) is 22.4. The number of nitrogens with one attached hydrogen (secondary N) is 2. The number of aromatic nitrogens is 4. The van der Waals surface area contributed by atoms with E-state index in [-0.39, 0.29) is 17.8 Å². The number of para-hydroxylation sites is 2. The van der Waals surface area contributed by atoms with E-state index in [1.54, 1.807) is 30.3 Å². The molecule has 2 aliphatic rings. The molecule has 2 aromatic heterocycles. The highest BCUT2D eigenvalue weighted by atomic mass is 19.3. The highest BCUT2D eigenvalue weighted by molar-refractivity contribution is 5.78. The van der Waals surface area contributed by atoms with Gasteiger partial charge in [0, 0.05) is 31.7 Å². The number of alkyl halides is 2. The number of anilines is 2. The second-order valence-electron chi connectivity index (χ2n) is 10.5. The highest BCUT2D eigenvalue weighted by Gasteiger charge is 2.26. The number of amides is 1. The summed E-state index contributed by atoms with van der Waals surface area (Å²) >= 11 is 0. The molecule has 210 valence electrons. The number of nitrogens with zero attached hydrogens (tertiary/aromatic N) is 6. The molecule has 2 fully saturated rings. The van der Waals surface area contributed by atoms with E-state index in [0.29, 0.717) is 73.9 Å². The molecule has 2 N–H and O–H groups in total. The van der Waals surface area contributed by atoms with Crippen molar-refractivity contribution in [2.24, 2.45) is 5.92 Å². The number of hydrogen-bond acceptors (Lipinski definition) is 8. The number of rotatable bonds is 9. The minimum Gasteiger partial charge on any atom is -0.378 e. The van der Waals surface area contributed by atoms with Gasteiger partial charge in [0.05, 0.1) is 30.8 Å². The van der Waals surface area contributed by atoms with Gasteiger partial charge in [0.1, 0.15) is 11.6 Å². The molecular weight excluding hydrogens is 506 g/mol. The first-order valence-electron chi connectivity index (χ1n) is 13.5. The maximum atomic E-state index is 14.1. The second kappa shape index (κ2) is 12.2. The summed E-state index contributed by atoms with van der Waals surface area (Å²) in [7, 11) is 3.75. The molecule has 1 saturated heterocycles. The van der Waals surface area contributed by atoms with Gasteiger partial charge in [-0.15, -0.1) is 0 Å². The fraction of sp³-hybridized carbons (Fsp3) is 0.556. The first-order valence-corrected chi connectivity index (χ1v) is 13.5. The summed E-state index contributed by atoms with van der Waals surface area (Å²) in [6.07, 6.45) is 0.995. The predicted molar refractivity (Wildman–Crippen MR) is 146 cm³/mol. The summed E-state index contributed by atoms with van der Waals surface area (Å²) in [5.74, 6) is 1.56. The number of halogens is 2. The minimum absolute atomic E-state index is 0.0382. The van der Waals surface area contributed by atoms with E-state index in [2.05, 4.69) is 20.5 Å². The Morgan fingerprint density at radius 2 is 1.79 bits per heavy atom. The molecule has 12 heteroatoms. The summed E-state index contributed by atoms with van der Waals surface area (Å²) in [5, 5.41) is 6.51. The van der Waals surface area contributed by atoms with Gasteiger partial charge in [-0.05, 0) is 57.8 Å². The molecule has 39 heavy (non-hydrogen) atoms. The smallest absolute Gasteiger partial charge is 0.296 e. The Hall–Kier alpha value is -3.38. The van der Waals surface area contributed by atoms with Crippen molar-refractivity contribution in [2.75, 3.05) is 63.7 Å². The fourth-order valence-corrected chi connectivity index (χ4v) is 5.28. The SMILES string of the molecule is CN(C)CC(=O)NCC1CCC(Nc2nc(N3CCOCC3)cc(-n3c(C(F)F)nc4ccccc43)n2)CC1. The summed E-state index contributed by atoms with van der Waals surface area (Å²) in [4.78, 5) is 29.6. The van der Waals surface area contributed by atoms with E-state index in [1.165, 1.54) is 4.57 Å². The Morgan fingerprint density at radius 1 is 1.08 bits per heavy atom. The number of hydrogen-bond donors (Lipinski definition) is 2. The van der Waals surface area contributed by atoms with Crippen molar-refractivity contribution in [2.45, 2.75) is 38.2 Å². The molecule has 0 spiro atoms. The predicted octanol–water partition coefficient (Wildman–Crippen LogP) is 3.24. The molecule has 3 aromatic rings. The standard InChI is InChI=1S/C27H36F2N8O2/c1-35(2)17-24(38)30-16-18-7-9-19(10-8-18)31-27-33-22(36-11-13-39-14-12-36)15-23(34-27)37-21-6-4-3-5-20(21)32-26(37)25(28)29/h3-6,15,18-19,25H,7-14,16-17H2,1-2H3,(H,30,38)(H,31,33,34). The average Bonchev–Trinajstić information content (AvgIpc) is 3.33. The highest BCUT2D eigenvalue weighted by Crippen LogP contribution is 2.30. The van der Waals surface area contributed by atoms with Gasteiger partial charge in [0.15, 0.2) is 5.82 Å². The monoisotopic (exact) mass is 542 g/mol. The Labute approximate surface area is 226 Å². The van der Waals surface area contributed by atoms with Crippen LogP contribution in [0.4, 0.5) is 20.5 Å². The molecule has 5 rings (SSSR count). The summed E-state index contributed by atoms with van der Waals surface area (Å²) in [6, 6.07) is 8.99. The van der Waals surface area contributed by atoms with E-state index < -0.39 is 6.43 Å². The number of benzene rings is 1. The molecule has 10 nitrogen and oxygen atoms in total. The Morgan fingerprint density at radius 3 is 2.51 bits per heavy atom. The van der Waals surface area contributed by atoms with Crippen molar-refractivity contribution < 1.29 is 18.3 Å². The summed E-state index contributed by atoms with van der Waals surface area (Å²) in [6.45, 7) is 3.53. The van der Waals surface area contributed by atoms with Crippen molar-refractivity contribution >= 4 is 28.7 Å². The van der Waals surface area contributed by atoms with Gasteiger partial charge < -0.3 is 25.2 Å².